The summed E-state index contributed by atoms with van der Waals surface area (Å²) >= 11 is 3.19. The maximum absolute atomic E-state index is 11.4. The molecule has 0 saturated carbocycles. The molecule has 228 valence electrons. The van der Waals surface area contributed by atoms with Crippen LogP contribution in [0.2, 0.25) is 0 Å². The topological polar surface area (TPSA) is 134 Å². The van der Waals surface area contributed by atoms with Gasteiger partial charge in [0.15, 0.2) is 6.54 Å². The summed E-state index contributed by atoms with van der Waals surface area (Å²) in [7, 11) is -6.71. The third kappa shape index (κ3) is 8.86. The maximum atomic E-state index is 11.4. The molecule has 0 bridgehead atoms. The second-order valence-electron chi connectivity index (χ2n) is 9.88. The predicted molar refractivity (Wildman–Crippen MR) is 167 cm³/mol. The molecular formula is C28H35N2O8S4+. The summed E-state index contributed by atoms with van der Waals surface area (Å²) in [6.45, 7) is 5.13. The second kappa shape index (κ2) is 14.0. The number of thiazole rings is 1. The molecule has 1 aliphatic heterocycles. The lowest BCUT2D eigenvalue weighted by atomic mass is 10.1. The van der Waals surface area contributed by atoms with Crippen LogP contribution in [-0.2, 0) is 43.2 Å². The van der Waals surface area contributed by atoms with E-state index < -0.39 is 20.2 Å². The largest absolute Gasteiger partial charge is 0.335 e. The van der Waals surface area contributed by atoms with E-state index >= 15 is 0 Å². The summed E-state index contributed by atoms with van der Waals surface area (Å²) in [6, 6.07) is 12.1. The molecule has 2 heterocycles. The summed E-state index contributed by atoms with van der Waals surface area (Å²) in [5.74, 6) is -0.660. The Hall–Kier alpha value is -2.30. The lowest BCUT2D eigenvalue weighted by Crippen LogP contribution is -2.36. The highest BCUT2D eigenvalue weighted by atomic mass is 32.2. The molecule has 14 heteroatoms. The van der Waals surface area contributed by atoms with E-state index in [-0.39, 0.29) is 31.0 Å². The smallest absolute Gasteiger partial charge is 0.265 e. The van der Waals surface area contributed by atoms with Gasteiger partial charge in [-0.05, 0) is 60.7 Å². The zero-order valence-electron chi connectivity index (χ0n) is 23.6. The van der Waals surface area contributed by atoms with Gasteiger partial charge in [-0.15, -0.1) is 0 Å². The fourth-order valence-corrected chi connectivity index (χ4v) is 7.90. The van der Waals surface area contributed by atoms with Crippen LogP contribution in [0.4, 0.5) is 5.69 Å². The molecule has 1 aromatic heterocycles. The van der Waals surface area contributed by atoms with Crippen molar-refractivity contribution in [2.45, 2.75) is 51.2 Å². The Morgan fingerprint density at radius 3 is 2.48 bits per heavy atom. The number of allylic oxidation sites excluding steroid dienone is 2. The first kappa shape index (κ1) is 32.6. The highest BCUT2D eigenvalue weighted by Gasteiger charge is 2.26. The summed E-state index contributed by atoms with van der Waals surface area (Å²) in [6.07, 6.45) is 5.41. The molecule has 0 unspecified atom stereocenters. The first-order valence-corrected chi connectivity index (χ1v) is 18.2. The zero-order valence-corrected chi connectivity index (χ0v) is 26.9. The first-order chi connectivity index (χ1) is 19.9. The van der Waals surface area contributed by atoms with E-state index in [1.807, 2.05) is 31.2 Å². The molecular weight excluding hydrogens is 621 g/mol. The normalized spacial score (nSPS) is 15.2. The van der Waals surface area contributed by atoms with Gasteiger partial charge in [-0.1, -0.05) is 42.2 Å². The summed E-state index contributed by atoms with van der Waals surface area (Å²) in [5.41, 5.74) is 4.94. The number of fused-ring (bicyclic) bond motifs is 2. The highest BCUT2D eigenvalue weighted by Crippen LogP contribution is 2.47. The van der Waals surface area contributed by atoms with Gasteiger partial charge in [0.25, 0.3) is 25.2 Å². The van der Waals surface area contributed by atoms with Crippen LogP contribution in [0.15, 0.2) is 58.0 Å². The average molecular weight is 656 g/mol. The predicted octanol–water partition coefficient (Wildman–Crippen LogP) is 5.38. The molecule has 0 fully saturated rings. The Labute approximate surface area is 255 Å². The van der Waals surface area contributed by atoms with E-state index in [0.717, 1.165) is 47.5 Å². The number of thioether (sulfide) groups is 1. The van der Waals surface area contributed by atoms with Gasteiger partial charge < -0.3 is 4.90 Å². The molecule has 0 spiro atoms. The van der Waals surface area contributed by atoms with E-state index in [0.29, 0.717) is 19.5 Å². The molecule has 0 radical (unpaired) electrons. The van der Waals surface area contributed by atoms with Gasteiger partial charge in [-0.2, -0.15) is 21.4 Å². The van der Waals surface area contributed by atoms with Crippen LogP contribution in [0.3, 0.4) is 0 Å². The van der Waals surface area contributed by atoms with E-state index in [2.05, 4.69) is 40.7 Å². The SMILES string of the molecule is CCC(=C/c1sc2ccc(COOC)cc2[n+]1CCCS(=O)(=O)O)/C=C1/Sc2ccc(C)cc2N1CCCS(=O)(=O)O. The molecule has 0 aliphatic carbocycles. The van der Waals surface area contributed by atoms with Crippen LogP contribution >= 0.6 is 23.1 Å². The number of benzene rings is 2. The zero-order chi connectivity index (χ0) is 30.5. The molecule has 0 saturated heterocycles. The Balaban J connectivity index is 1.72. The molecule has 2 N–H and O–H groups in total. The van der Waals surface area contributed by atoms with Crippen LogP contribution in [0.1, 0.15) is 42.3 Å². The lowest BCUT2D eigenvalue weighted by Gasteiger charge is -2.21. The van der Waals surface area contributed by atoms with Crippen molar-refractivity contribution in [2.24, 2.45) is 0 Å². The van der Waals surface area contributed by atoms with Crippen molar-refractivity contribution in [3.05, 3.63) is 69.2 Å². The molecule has 0 atom stereocenters. The van der Waals surface area contributed by atoms with Gasteiger partial charge in [0.05, 0.1) is 29.3 Å². The number of aryl methyl sites for hydroxylation is 2. The van der Waals surface area contributed by atoms with Crippen LogP contribution in [0.5, 0.6) is 0 Å². The Bertz CT molecular complexity index is 1710. The summed E-state index contributed by atoms with van der Waals surface area (Å²) in [5, 5.41) is 1.88. The van der Waals surface area contributed by atoms with Crippen molar-refractivity contribution < 1.29 is 40.3 Å². The standard InChI is InChI=1S/C28H34N2O8S4/c1-4-21(17-27-29(11-5-13-41(31,32)33)23-15-20(2)7-9-25(23)39-27)18-28-30(12-6-14-42(34,35)36)24-16-22(19-38-37-3)8-10-26(24)40-28/h7-10,15-18H,4-6,11-14,19H2,1-3H3,(H-,31,32,33,34,35,36)/p+1. The maximum Gasteiger partial charge on any atom is 0.265 e. The van der Waals surface area contributed by atoms with Crippen molar-refractivity contribution in [3.63, 3.8) is 0 Å². The van der Waals surface area contributed by atoms with Gasteiger partial charge in [0.1, 0.15) is 11.3 Å². The van der Waals surface area contributed by atoms with E-state index in [4.69, 9.17) is 9.78 Å². The third-order valence-electron chi connectivity index (χ3n) is 6.62. The minimum absolute atomic E-state index is 0.240. The average Bonchev–Trinajstić information content (AvgIpc) is 3.42. The minimum Gasteiger partial charge on any atom is -0.335 e. The van der Waals surface area contributed by atoms with E-state index in [1.54, 1.807) is 23.1 Å². The van der Waals surface area contributed by atoms with Gasteiger partial charge in [-0.25, -0.2) is 9.78 Å². The van der Waals surface area contributed by atoms with E-state index in [9.17, 15) is 25.9 Å². The van der Waals surface area contributed by atoms with Crippen LogP contribution in [0, 0.1) is 6.92 Å². The van der Waals surface area contributed by atoms with Crippen molar-refractivity contribution >= 4 is 65.3 Å². The fraction of sp³-hybridized carbons (Fsp3) is 0.393. The second-order valence-corrected chi connectivity index (χ2v) is 15.2. The molecule has 2 aromatic carbocycles. The van der Waals surface area contributed by atoms with Crippen LogP contribution in [-0.4, -0.2) is 51.1 Å². The Kier molecular flexibility index (Phi) is 10.9. The number of aromatic nitrogens is 1. The molecule has 10 nitrogen and oxygen atoms in total. The number of hydrogen-bond donors (Lipinski definition) is 2. The number of anilines is 1. The van der Waals surface area contributed by atoms with Crippen molar-refractivity contribution in [2.75, 3.05) is 30.1 Å². The van der Waals surface area contributed by atoms with Gasteiger partial charge in [-0.3, -0.25) is 9.11 Å². The van der Waals surface area contributed by atoms with E-state index in [1.165, 1.54) is 7.11 Å². The number of nitrogens with zero attached hydrogens (tertiary/aromatic N) is 2. The first-order valence-electron chi connectivity index (χ1n) is 13.4. The van der Waals surface area contributed by atoms with Crippen LogP contribution < -0.4 is 9.47 Å². The third-order valence-corrected chi connectivity index (χ3v) is 10.5. The fourth-order valence-electron chi connectivity index (χ4n) is 4.62. The Morgan fingerprint density at radius 2 is 1.79 bits per heavy atom. The molecule has 4 rings (SSSR count). The van der Waals surface area contributed by atoms with Gasteiger partial charge >= 0.3 is 0 Å². The summed E-state index contributed by atoms with van der Waals surface area (Å²) in [4.78, 5) is 13.0. The van der Waals surface area contributed by atoms with Gasteiger partial charge in [0, 0.05) is 30.0 Å². The van der Waals surface area contributed by atoms with Gasteiger partial charge in [0.2, 0.25) is 5.52 Å². The highest BCUT2D eigenvalue weighted by molar-refractivity contribution is 8.03. The minimum atomic E-state index is -4.09. The molecule has 0 amide bonds. The van der Waals surface area contributed by atoms with Crippen molar-refractivity contribution in [1.29, 1.82) is 0 Å². The van der Waals surface area contributed by atoms with Crippen molar-refractivity contribution in [3.8, 4) is 0 Å². The quantitative estimate of drug-likeness (QED) is 0.101. The Morgan fingerprint density at radius 1 is 1.05 bits per heavy atom. The van der Waals surface area contributed by atoms with Crippen molar-refractivity contribution in [1.82, 2.24) is 0 Å². The molecule has 42 heavy (non-hydrogen) atoms. The van der Waals surface area contributed by atoms with Crippen LogP contribution in [0.25, 0.3) is 16.3 Å². The molecule has 3 aromatic rings. The number of hydrogen-bond acceptors (Lipinski definition) is 9. The summed E-state index contributed by atoms with van der Waals surface area (Å²) < 4.78 is 67.2. The monoisotopic (exact) mass is 655 g/mol. The lowest BCUT2D eigenvalue weighted by molar-refractivity contribution is -0.668. The number of rotatable bonds is 14. The molecule has 1 aliphatic rings.